The third kappa shape index (κ3) is 4.45. The van der Waals surface area contributed by atoms with Gasteiger partial charge in [-0.2, -0.15) is 0 Å². The first-order chi connectivity index (χ1) is 12.5. The summed E-state index contributed by atoms with van der Waals surface area (Å²) in [7, 11) is 0. The number of aromatic nitrogens is 1. The summed E-state index contributed by atoms with van der Waals surface area (Å²) in [6.45, 7) is 6.33. The van der Waals surface area contributed by atoms with Crippen LogP contribution in [0.25, 0.3) is 0 Å². The van der Waals surface area contributed by atoms with Crippen LogP contribution in [0, 0.1) is 11.8 Å². The summed E-state index contributed by atoms with van der Waals surface area (Å²) < 4.78 is 0. The number of aliphatic imine (C=N–C) groups is 1. The number of rotatable bonds is 4. The average Bonchev–Trinajstić information content (AvgIpc) is 2.66. The molecule has 1 amide bonds. The van der Waals surface area contributed by atoms with E-state index in [0.717, 1.165) is 50.4 Å². The van der Waals surface area contributed by atoms with Gasteiger partial charge < -0.3 is 21.3 Å². The van der Waals surface area contributed by atoms with Gasteiger partial charge in [0.05, 0.1) is 6.54 Å². The number of piperidine rings is 2. The SMILES string of the molecule is CC1CCCN(C(N)=NCc2cccnc2N2CCC(C(N)=O)CC2)C1. The minimum atomic E-state index is -0.195. The van der Waals surface area contributed by atoms with Crippen molar-refractivity contribution in [1.29, 1.82) is 0 Å². The normalized spacial score (nSPS) is 22.5. The molecule has 2 aliphatic heterocycles. The standard InChI is InChI=1S/C19H30N6O/c1-14-4-3-9-25(13-14)19(21)23-12-16-5-2-8-22-18(16)24-10-6-15(7-11-24)17(20)26/h2,5,8,14-15H,3-4,6-7,9-13H2,1H3,(H2,20,26)(H2,21,23). The Bertz CT molecular complexity index is 653. The maximum Gasteiger partial charge on any atom is 0.220 e. The molecule has 1 aromatic heterocycles. The van der Waals surface area contributed by atoms with Gasteiger partial charge >= 0.3 is 0 Å². The Labute approximate surface area is 155 Å². The minimum absolute atomic E-state index is 0.0202. The summed E-state index contributed by atoms with van der Waals surface area (Å²) in [6.07, 6.45) is 5.80. The van der Waals surface area contributed by atoms with Crippen molar-refractivity contribution < 1.29 is 4.79 Å². The van der Waals surface area contributed by atoms with Crippen LogP contribution in [0.1, 0.15) is 38.2 Å². The van der Waals surface area contributed by atoms with E-state index in [1.54, 1.807) is 6.20 Å². The van der Waals surface area contributed by atoms with E-state index in [1.165, 1.54) is 12.8 Å². The van der Waals surface area contributed by atoms with Crippen molar-refractivity contribution in [3.8, 4) is 0 Å². The summed E-state index contributed by atoms with van der Waals surface area (Å²) >= 11 is 0. The molecule has 1 aromatic rings. The summed E-state index contributed by atoms with van der Waals surface area (Å²) in [5.41, 5.74) is 12.7. The van der Waals surface area contributed by atoms with E-state index in [9.17, 15) is 4.79 Å². The summed E-state index contributed by atoms with van der Waals surface area (Å²) in [5, 5.41) is 0. The summed E-state index contributed by atoms with van der Waals surface area (Å²) in [6, 6.07) is 3.99. The molecule has 0 spiro atoms. The van der Waals surface area contributed by atoms with Gasteiger partial charge in [0.15, 0.2) is 5.96 Å². The molecule has 1 atom stereocenters. The molecule has 1 unspecified atom stereocenters. The van der Waals surface area contributed by atoms with Gasteiger partial charge in [-0.15, -0.1) is 0 Å². The average molecular weight is 358 g/mol. The number of amides is 1. The zero-order chi connectivity index (χ0) is 18.5. The Hall–Kier alpha value is -2.31. The molecule has 3 heterocycles. The first-order valence-electron chi connectivity index (χ1n) is 9.57. The number of carbonyl (C=O) groups is 1. The number of carbonyl (C=O) groups excluding carboxylic acids is 1. The molecule has 2 aliphatic rings. The van der Waals surface area contributed by atoms with Gasteiger partial charge in [0.1, 0.15) is 5.82 Å². The van der Waals surface area contributed by atoms with Crippen molar-refractivity contribution in [3.63, 3.8) is 0 Å². The van der Waals surface area contributed by atoms with Gasteiger partial charge in [0.2, 0.25) is 5.91 Å². The molecule has 0 bridgehead atoms. The van der Waals surface area contributed by atoms with E-state index < -0.39 is 0 Å². The highest BCUT2D eigenvalue weighted by atomic mass is 16.1. The third-order valence-electron chi connectivity index (χ3n) is 5.46. The number of primary amides is 1. The molecule has 0 aliphatic carbocycles. The fourth-order valence-corrected chi connectivity index (χ4v) is 3.88. The predicted molar refractivity (Wildman–Crippen MR) is 104 cm³/mol. The topological polar surface area (TPSA) is 101 Å². The molecule has 4 N–H and O–H groups in total. The minimum Gasteiger partial charge on any atom is -0.370 e. The van der Waals surface area contributed by atoms with Crippen LogP contribution in [0.4, 0.5) is 5.82 Å². The van der Waals surface area contributed by atoms with Crippen LogP contribution in [0.15, 0.2) is 23.3 Å². The number of likely N-dealkylation sites (tertiary alicyclic amines) is 1. The maximum atomic E-state index is 11.4. The lowest BCUT2D eigenvalue weighted by Crippen LogP contribution is -2.43. The predicted octanol–water partition coefficient (Wildman–Crippen LogP) is 1.33. The molecular weight excluding hydrogens is 328 g/mol. The Morgan fingerprint density at radius 3 is 2.73 bits per heavy atom. The summed E-state index contributed by atoms with van der Waals surface area (Å²) in [4.78, 5) is 25.0. The molecule has 0 aromatic carbocycles. The number of hydrogen-bond acceptors (Lipinski definition) is 4. The summed E-state index contributed by atoms with van der Waals surface area (Å²) in [5.74, 6) is 2.02. The Morgan fingerprint density at radius 1 is 1.27 bits per heavy atom. The molecule has 3 rings (SSSR count). The Balaban J connectivity index is 1.66. The molecule has 2 saturated heterocycles. The van der Waals surface area contributed by atoms with E-state index >= 15 is 0 Å². The van der Waals surface area contributed by atoms with Gasteiger partial charge in [-0.25, -0.2) is 9.98 Å². The van der Waals surface area contributed by atoms with E-state index in [1.807, 2.05) is 6.07 Å². The largest absolute Gasteiger partial charge is 0.370 e. The maximum absolute atomic E-state index is 11.4. The van der Waals surface area contributed by atoms with Crippen molar-refractivity contribution >= 4 is 17.7 Å². The van der Waals surface area contributed by atoms with Crippen LogP contribution >= 0.6 is 0 Å². The molecule has 142 valence electrons. The second-order valence-electron chi connectivity index (χ2n) is 7.52. The molecule has 0 saturated carbocycles. The number of hydrogen-bond donors (Lipinski definition) is 2. The number of nitrogens with two attached hydrogens (primary N) is 2. The lowest BCUT2D eigenvalue weighted by molar-refractivity contribution is -0.122. The fraction of sp³-hybridized carbons (Fsp3) is 0.632. The highest BCUT2D eigenvalue weighted by Crippen LogP contribution is 2.25. The van der Waals surface area contributed by atoms with Crippen LogP contribution in [-0.2, 0) is 11.3 Å². The second-order valence-corrected chi connectivity index (χ2v) is 7.52. The van der Waals surface area contributed by atoms with Crippen molar-refractivity contribution in [3.05, 3.63) is 23.9 Å². The second kappa shape index (κ2) is 8.38. The smallest absolute Gasteiger partial charge is 0.220 e. The van der Waals surface area contributed by atoms with Crippen molar-refractivity contribution in [2.75, 3.05) is 31.1 Å². The highest BCUT2D eigenvalue weighted by Gasteiger charge is 2.25. The van der Waals surface area contributed by atoms with Crippen LogP contribution < -0.4 is 16.4 Å². The fourth-order valence-electron chi connectivity index (χ4n) is 3.88. The Morgan fingerprint density at radius 2 is 2.04 bits per heavy atom. The van der Waals surface area contributed by atoms with E-state index in [2.05, 4.69) is 32.8 Å². The molecule has 2 fully saturated rings. The number of pyridine rings is 1. The van der Waals surface area contributed by atoms with E-state index in [4.69, 9.17) is 11.5 Å². The zero-order valence-electron chi connectivity index (χ0n) is 15.6. The first kappa shape index (κ1) is 18.5. The monoisotopic (exact) mass is 358 g/mol. The number of anilines is 1. The van der Waals surface area contributed by atoms with Crippen molar-refractivity contribution in [2.24, 2.45) is 28.3 Å². The van der Waals surface area contributed by atoms with Crippen molar-refractivity contribution in [1.82, 2.24) is 9.88 Å². The van der Waals surface area contributed by atoms with Crippen molar-refractivity contribution in [2.45, 2.75) is 39.2 Å². The highest BCUT2D eigenvalue weighted by molar-refractivity contribution is 5.78. The lowest BCUT2D eigenvalue weighted by atomic mass is 9.96. The Kier molecular flexibility index (Phi) is 5.96. The molecule has 7 heteroatoms. The quantitative estimate of drug-likeness (QED) is 0.625. The van der Waals surface area contributed by atoms with E-state index in [-0.39, 0.29) is 11.8 Å². The van der Waals surface area contributed by atoms with Gasteiger partial charge in [-0.3, -0.25) is 4.79 Å². The van der Waals surface area contributed by atoms with E-state index in [0.29, 0.717) is 18.4 Å². The lowest BCUT2D eigenvalue weighted by Gasteiger charge is -2.33. The van der Waals surface area contributed by atoms with Gasteiger partial charge in [0.25, 0.3) is 0 Å². The van der Waals surface area contributed by atoms with Gasteiger partial charge in [0, 0.05) is 43.9 Å². The van der Waals surface area contributed by atoms with Gasteiger partial charge in [-0.1, -0.05) is 13.0 Å². The first-order valence-corrected chi connectivity index (χ1v) is 9.57. The molecule has 0 radical (unpaired) electrons. The van der Waals surface area contributed by atoms with Crippen LogP contribution in [0.5, 0.6) is 0 Å². The van der Waals surface area contributed by atoms with Crippen LogP contribution in [-0.4, -0.2) is 47.9 Å². The van der Waals surface area contributed by atoms with Gasteiger partial charge in [-0.05, 0) is 37.7 Å². The molecule has 7 nitrogen and oxygen atoms in total. The van der Waals surface area contributed by atoms with Crippen LogP contribution in [0.3, 0.4) is 0 Å². The molecular formula is C19H30N6O. The van der Waals surface area contributed by atoms with Crippen LogP contribution in [0.2, 0.25) is 0 Å². The number of guanidine groups is 1. The molecule has 26 heavy (non-hydrogen) atoms. The third-order valence-corrected chi connectivity index (χ3v) is 5.46. The number of nitrogens with zero attached hydrogens (tertiary/aromatic N) is 4. The zero-order valence-corrected chi connectivity index (χ0v) is 15.6.